The summed E-state index contributed by atoms with van der Waals surface area (Å²) in [5, 5.41) is 3.17. The van der Waals surface area contributed by atoms with Gasteiger partial charge in [0.25, 0.3) is 0 Å². The fourth-order valence-electron chi connectivity index (χ4n) is 2.40. The van der Waals surface area contributed by atoms with E-state index in [1.165, 1.54) is 11.1 Å². The second-order valence-corrected chi connectivity index (χ2v) is 5.11. The van der Waals surface area contributed by atoms with Gasteiger partial charge in [-0.15, -0.1) is 0 Å². The minimum absolute atomic E-state index is 0.676. The molecule has 0 amide bonds. The number of hydrogen-bond donors (Lipinski definition) is 1. The predicted octanol–water partition coefficient (Wildman–Crippen LogP) is 3.44. The van der Waals surface area contributed by atoms with Gasteiger partial charge >= 0.3 is 0 Å². The fourth-order valence-corrected chi connectivity index (χ4v) is 2.40. The van der Waals surface area contributed by atoms with Gasteiger partial charge in [-0.1, -0.05) is 36.4 Å². The molecule has 1 N–H and O–H groups in total. The van der Waals surface area contributed by atoms with Crippen molar-refractivity contribution in [2.24, 2.45) is 0 Å². The average molecular weight is 284 g/mol. The van der Waals surface area contributed by atoms with Crippen LogP contribution in [0.15, 0.2) is 48.5 Å². The van der Waals surface area contributed by atoms with Gasteiger partial charge < -0.3 is 15.0 Å². The number of anilines is 1. The molecule has 112 valence electrons. The van der Waals surface area contributed by atoms with Crippen LogP contribution in [-0.4, -0.2) is 20.7 Å². The van der Waals surface area contributed by atoms with Crippen molar-refractivity contribution in [3.8, 4) is 5.75 Å². The molecule has 0 unspecified atom stereocenters. The lowest BCUT2D eigenvalue weighted by atomic mass is 10.1. The topological polar surface area (TPSA) is 24.5 Å². The summed E-state index contributed by atoms with van der Waals surface area (Å²) in [6, 6.07) is 16.9. The summed E-state index contributed by atoms with van der Waals surface area (Å²) in [5.74, 6) is 0.948. The summed E-state index contributed by atoms with van der Waals surface area (Å²) in [5.41, 5.74) is 3.65. The van der Waals surface area contributed by atoms with Gasteiger partial charge in [0.2, 0.25) is 0 Å². The molecule has 3 heteroatoms. The summed E-state index contributed by atoms with van der Waals surface area (Å²) in [6.07, 6.45) is 0. The molecule has 0 saturated carbocycles. The quantitative estimate of drug-likeness (QED) is 0.843. The first-order chi connectivity index (χ1) is 10.2. The highest BCUT2D eigenvalue weighted by Gasteiger charge is 2.10. The molecule has 0 saturated heterocycles. The van der Waals surface area contributed by atoms with Crippen LogP contribution in [0.3, 0.4) is 0 Å². The van der Waals surface area contributed by atoms with E-state index in [9.17, 15) is 0 Å². The molecule has 0 aliphatic carbocycles. The minimum atomic E-state index is 0.676. The molecule has 2 rings (SSSR count). The first-order valence-corrected chi connectivity index (χ1v) is 7.40. The van der Waals surface area contributed by atoms with Crippen molar-refractivity contribution in [3.05, 3.63) is 59.7 Å². The molecule has 0 fully saturated rings. The van der Waals surface area contributed by atoms with Crippen LogP contribution in [-0.2, 0) is 13.1 Å². The van der Waals surface area contributed by atoms with Gasteiger partial charge in [0, 0.05) is 20.1 Å². The van der Waals surface area contributed by atoms with Gasteiger partial charge in [0.1, 0.15) is 5.75 Å². The second kappa shape index (κ2) is 7.70. The maximum absolute atomic E-state index is 5.81. The molecule has 3 nitrogen and oxygen atoms in total. The third-order valence-electron chi connectivity index (χ3n) is 3.38. The van der Waals surface area contributed by atoms with Crippen LogP contribution in [0.4, 0.5) is 5.69 Å². The Morgan fingerprint density at radius 1 is 1.05 bits per heavy atom. The minimum Gasteiger partial charge on any atom is -0.492 e. The summed E-state index contributed by atoms with van der Waals surface area (Å²) < 4.78 is 5.81. The number of nitrogens with one attached hydrogen (secondary N) is 1. The maximum Gasteiger partial charge on any atom is 0.142 e. The molecule has 2 aromatic carbocycles. The third kappa shape index (κ3) is 4.23. The van der Waals surface area contributed by atoms with Gasteiger partial charge in [0.05, 0.1) is 12.3 Å². The first kappa shape index (κ1) is 15.4. The zero-order valence-corrected chi connectivity index (χ0v) is 13.1. The van der Waals surface area contributed by atoms with Gasteiger partial charge in [-0.05, 0) is 37.2 Å². The van der Waals surface area contributed by atoms with Crippen LogP contribution in [0.2, 0.25) is 0 Å². The molecule has 21 heavy (non-hydrogen) atoms. The fraction of sp³-hybridized carbons (Fsp3) is 0.333. The Kier molecular flexibility index (Phi) is 5.64. The Hall–Kier alpha value is -2.00. The van der Waals surface area contributed by atoms with E-state index in [0.29, 0.717) is 6.61 Å². The standard InChI is InChI=1S/C18H24N2O/c1-4-21-18-12-16(13-19-2)10-11-17(18)20(3)14-15-8-6-5-7-9-15/h5-12,19H,4,13-14H2,1-3H3. The Balaban J connectivity index is 2.20. The summed E-state index contributed by atoms with van der Waals surface area (Å²) in [7, 11) is 4.05. The highest BCUT2D eigenvalue weighted by Crippen LogP contribution is 2.30. The van der Waals surface area contributed by atoms with Crippen LogP contribution in [0.25, 0.3) is 0 Å². The SMILES string of the molecule is CCOc1cc(CNC)ccc1N(C)Cc1ccccc1. The highest BCUT2D eigenvalue weighted by molar-refractivity contribution is 5.59. The van der Waals surface area contributed by atoms with Crippen molar-refractivity contribution >= 4 is 5.69 Å². The highest BCUT2D eigenvalue weighted by atomic mass is 16.5. The van der Waals surface area contributed by atoms with Crippen molar-refractivity contribution in [1.29, 1.82) is 0 Å². The monoisotopic (exact) mass is 284 g/mol. The lowest BCUT2D eigenvalue weighted by Gasteiger charge is -2.23. The predicted molar refractivity (Wildman–Crippen MR) is 88.9 cm³/mol. The van der Waals surface area contributed by atoms with Crippen molar-refractivity contribution in [1.82, 2.24) is 5.32 Å². The Morgan fingerprint density at radius 2 is 1.81 bits per heavy atom. The van der Waals surface area contributed by atoms with E-state index in [4.69, 9.17) is 4.74 Å². The Labute approximate surface area is 127 Å². The van der Waals surface area contributed by atoms with Gasteiger partial charge in [-0.3, -0.25) is 0 Å². The number of nitrogens with zero attached hydrogens (tertiary/aromatic N) is 1. The van der Waals surface area contributed by atoms with Crippen LogP contribution in [0.5, 0.6) is 5.75 Å². The van der Waals surface area contributed by atoms with Crippen molar-refractivity contribution in [3.63, 3.8) is 0 Å². The van der Waals surface area contributed by atoms with Crippen molar-refractivity contribution < 1.29 is 4.74 Å². The first-order valence-electron chi connectivity index (χ1n) is 7.40. The molecular formula is C18H24N2O. The molecule has 0 aromatic heterocycles. The van der Waals surface area contributed by atoms with Gasteiger partial charge in [0.15, 0.2) is 0 Å². The van der Waals surface area contributed by atoms with Crippen LogP contribution in [0.1, 0.15) is 18.1 Å². The summed E-state index contributed by atoms with van der Waals surface area (Å²) in [4.78, 5) is 2.23. The average Bonchev–Trinajstić information content (AvgIpc) is 2.49. The zero-order chi connectivity index (χ0) is 15.1. The number of hydrogen-bond acceptors (Lipinski definition) is 3. The van der Waals surface area contributed by atoms with Gasteiger partial charge in [-0.2, -0.15) is 0 Å². The molecule has 0 heterocycles. The smallest absolute Gasteiger partial charge is 0.142 e. The van der Waals surface area contributed by atoms with E-state index >= 15 is 0 Å². The molecule has 0 atom stereocenters. The van der Waals surface area contributed by atoms with Crippen molar-refractivity contribution in [2.75, 3.05) is 25.6 Å². The van der Waals surface area contributed by atoms with E-state index < -0.39 is 0 Å². The molecule has 0 aliphatic rings. The van der Waals surface area contributed by atoms with Crippen molar-refractivity contribution in [2.45, 2.75) is 20.0 Å². The third-order valence-corrected chi connectivity index (χ3v) is 3.38. The van der Waals surface area contributed by atoms with E-state index in [1.54, 1.807) is 0 Å². The van der Waals surface area contributed by atoms with E-state index in [0.717, 1.165) is 24.5 Å². The maximum atomic E-state index is 5.81. The molecule has 2 aromatic rings. The van der Waals surface area contributed by atoms with E-state index in [-0.39, 0.29) is 0 Å². The van der Waals surface area contributed by atoms with Crippen LogP contribution < -0.4 is 15.0 Å². The number of benzene rings is 2. The van der Waals surface area contributed by atoms with Crippen LogP contribution in [0, 0.1) is 0 Å². The number of ether oxygens (including phenoxy) is 1. The van der Waals surface area contributed by atoms with Crippen LogP contribution >= 0.6 is 0 Å². The lowest BCUT2D eigenvalue weighted by Crippen LogP contribution is -2.18. The van der Waals surface area contributed by atoms with E-state index in [2.05, 4.69) is 59.7 Å². The lowest BCUT2D eigenvalue weighted by molar-refractivity contribution is 0.340. The Bertz CT molecular complexity index is 554. The summed E-state index contributed by atoms with van der Waals surface area (Å²) in [6.45, 7) is 4.41. The van der Waals surface area contributed by atoms with Gasteiger partial charge in [-0.25, -0.2) is 0 Å². The molecule has 0 bridgehead atoms. The van der Waals surface area contributed by atoms with E-state index in [1.807, 2.05) is 20.0 Å². The molecular weight excluding hydrogens is 260 g/mol. The second-order valence-electron chi connectivity index (χ2n) is 5.11. The molecule has 0 spiro atoms. The zero-order valence-electron chi connectivity index (χ0n) is 13.1. The largest absolute Gasteiger partial charge is 0.492 e. The number of rotatable bonds is 7. The molecule has 0 radical (unpaired) electrons. The normalized spacial score (nSPS) is 10.4. The Morgan fingerprint density at radius 3 is 2.48 bits per heavy atom. The molecule has 0 aliphatic heterocycles. The summed E-state index contributed by atoms with van der Waals surface area (Å²) >= 11 is 0.